The molecule has 1 aromatic carbocycles. The molecule has 120 valence electrons. The molecule has 1 aliphatic carbocycles. The second kappa shape index (κ2) is 6.12. The topological polar surface area (TPSA) is 60.2 Å². The van der Waals surface area contributed by atoms with Gasteiger partial charge in [-0.1, -0.05) is 18.1 Å². The SMILES string of the molecule is O=C(c1ccc(-n2ccnn2)cc1)N1CCOCC1CC1CC1. The van der Waals surface area contributed by atoms with E-state index in [1.54, 1.807) is 17.1 Å². The number of carbonyl (C=O) groups excluding carboxylic acids is 1. The summed E-state index contributed by atoms with van der Waals surface area (Å²) in [5, 5.41) is 7.75. The summed E-state index contributed by atoms with van der Waals surface area (Å²) in [6.07, 6.45) is 7.08. The van der Waals surface area contributed by atoms with E-state index >= 15 is 0 Å². The summed E-state index contributed by atoms with van der Waals surface area (Å²) in [5.41, 5.74) is 1.62. The first-order valence-electron chi connectivity index (χ1n) is 8.17. The first-order valence-corrected chi connectivity index (χ1v) is 8.17. The van der Waals surface area contributed by atoms with Gasteiger partial charge < -0.3 is 9.64 Å². The minimum absolute atomic E-state index is 0.101. The van der Waals surface area contributed by atoms with Gasteiger partial charge in [-0.2, -0.15) is 0 Å². The van der Waals surface area contributed by atoms with Crippen molar-refractivity contribution < 1.29 is 9.53 Å². The molecule has 0 bridgehead atoms. The van der Waals surface area contributed by atoms with Gasteiger partial charge in [0.2, 0.25) is 0 Å². The number of morpholine rings is 1. The third kappa shape index (κ3) is 3.12. The Balaban J connectivity index is 1.50. The largest absolute Gasteiger partial charge is 0.377 e. The second-order valence-corrected chi connectivity index (χ2v) is 6.30. The Morgan fingerprint density at radius 2 is 2.09 bits per heavy atom. The van der Waals surface area contributed by atoms with Crippen LogP contribution < -0.4 is 0 Å². The zero-order valence-electron chi connectivity index (χ0n) is 13.0. The quantitative estimate of drug-likeness (QED) is 0.865. The minimum Gasteiger partial charge on any atom is -0.377 e. The number of amides is 1. The van der Waals surface area contributed by atoms with Crippen molar-refractivity contribution in [3.8, 4) is 5.69 Å². The Hall–Kier alpha value is -2.21. The van der Waals surface area contributed by atoms with Crippen LogP contribution in [0.3, 0.4) is 0 Å². The molecule has 1 aliphatic heterocycles. The van der Waals surface area contributed by atoms with Crippen molar-refractivity contribution in [2.45, 2.75) is 25.3 Å². The first-order chi connectivity index (χ1) is 11.3. The predicted molar refractivity (Wildman–Crippen MR) is 84.3 cm³/mol. The van der Waals surface area contributed by atoms with Crippen LogP contribution >= 0.6 is 0 Å². The van der Waals surface area contributed by atoms with Crippen molar-refractivity contribution >= 4 is 5.91 Å². The Kier molecular flexibility index (Phi) is 3.83. The maximum Gasteiger partial charge on any atom is 0.254 e. The molecule has 2 aromatic rings. The number of aromatic nitrogens is 3. The molecular formula is C17H20N4O2. The van der Waals surface area contributed by atoms with E-state index in [4.69, 9.17) is 4.74 Å². The van der Waals surface area contributed by atoms with E-state index in [2.05, 4.69) is 10.3 Å². The van der Waals surface area contributed by atoms with Gasteiger partial charge in [0.05, 0.1) is 37.3 Å². The monoisotopic (exact) mass is 312 g/mol. The fourth-order valence-corrected chi connectivity index (χ4v) is 3.12. The van der Waals surface area contributed by atoms with Crippen molar-refractivity contribution in [2.75, 3.05) is 19.8 Å². The molecule has 0 spiro atoms. The molecule has 1 saturated heterocycles. The smallest absolute Gasteiger partial charge is 0.254 e. The molecule has 1 aromatic heterocycles. The lowest BCUT2D eigenvalue weighted by atomic mass is 10.1. The lowest BCUT2D eigenvalue weighted by Gasteiger charge is -2.36. The van der Waals surface area contributed by atoms with Gasteiger partial charge in [0.15, 0.2) is 0 Å². The van der Waals surface area contributed by atoms with E-state index in [9.17, 15) is 4.79 Å². The van der Waals surface area contributed by atoms with Gasteiger partial charge in [-0.05, 0) is 36.6 Å². The molecule has 2 aliphatic rings. The second-order valence-electron chi connectivity index (χ2n) is 6.30. The lowest BCUT2D eigenvalue weighted by molar-refractivity contribution is -0.00569. The van der Waals surface area contributed by atoms with Crippen molar-refractivity contribution in [2.24, 2.45) is 5.92 Å². The van der Waals surface area contributed by atoms with Crippen LogP contribution in [0, 0.1) is 5.92 Å². The van der Waals surface area contributed by atoms with Gasteiger partial charge >= 0.3 is 0 Å². The number of hydrogen-bond donors (Lipinski definition) is 0. The van der Waals surface area contributed by atoms with E-state index in [0.29, 0.717) is 19.8 Å². The summed E-state index contributed by atoms with van der Waals surface area (Å²) in [7, 11) is 0. The molecule has 6 heteroatoms. The summed E-state index contributed by atoms with van der Waals surface area (Å²) in [6, 6.07) is 7.75. The number of carbonyl (C=O) groups is 1. The maximum absolute atomic E-state index is 12.8. The third-order valence-electron chi connectivity index (χ3n) is 4.59. The maximum atomic E-state index is 12.8. The fraction of sp³-hybridized carbons (Fsp3) is 0.471. The summed E-state index contributed by atoms with van der Waals surface area (Å²) in [5.74, 6) is 0.885. The third-order valence-corrected chi connectivity index (χ3v) is 4.59. The van der Waals surface area contributed by atoms with Gasteiger partial charge in [0, 0.05) is 12.1 Å². The normalized spacial score (nSPS) is 21.4. The first kappa shape index (κ1) is 14.4. The summed E-state index contributed by atoms with van der Waals surface area (Å²) < 4.78 is 7.26. The molecule has 6 nitrogen and oxygen atoms in total. The highest BCUT2D eigenvalue weighted by Gasteiger charge is 2.33. The van der Waals surface area contributed by atoms with E-state index in [0.717, 1.165) is 23.6 Å². The fourth-order valence-electron chi connectivity index (χ4n) is 3.12. The van der Waals surface area contributed by atoms with Gasteiger partial charge in [-0.3, -0.25) is 4.79 Å². The molecule has 23 heavy (non-hydrogen) atoms. The molecule has 1 unspecified atom stereocenters. The Bertz CT molecular complexity index is 664. The van der Waals surface area contributed by atoms with Gasteiger partial charge in [0.1, 0.15) is 0 Å². The van der Waals surface area contributed by atoms with Crippen molar-refractivity contribution in [3.05, 3.63) is 42.2 Å². The van der Waals surface area contributed by atoms with Crippen LogP contribution in [0.2, 0.25) is 0 Å². The predicted octanol–water partition coefficient (Wildman–Crippen LogP) is 1.91. The van der Waals surface area contributed by atoms with Crippen LogP contribution in [0.5, 0.6) is 0 Å². The van der Waals surface area contributed by atoms with Gasteiger partial charge in [0.25, 0.3) is 5.91 Å². The van der Waals surface area contributed by atoms with Gasteiger partial charge in [-0.15, -0.1) is 5.10 Å². The molecule has 4 rings (SSSR count). The molecule has 0 radical (unpaired) electrons. The molecule has 1 atom stereocenters. The summed E-state index contributed by atoms with van der Waals surface area (Å²) in [4.78, 5) is 14.8. The van der Waals surface area contributed by atoms with Crippen molar-refractivity contribution in [1.29, 1.82) is 0 Å². The van der Waals surface area contributed by atoms with Crippen molar-refractivity contribution in [3.63, 3.8) is 0 Å². The zero-order chi connectivity index (χ0) is 15.6. The van der Waals surface area contributed by atoms with Crippen LogP contribution in [0.1, 0.15) is 29.6 Å². The molecular weight excluding hydrogens is 292 g/mol. The number of rotatable bonds is 4. The van der Waals surface area contributed by atoms with Crippen LogP contribution in [-0.2, 0) is 4.74 Å². The van der Waals surface area contributed by atoms with E-state index in [1.807, 2.05) is 29.2 Å². The summed E-state index contributed by atoms with van der Waals surface area (Å²) in [6.45, 7) is 1.98. The highest BCUT2D eigenvalue weighted by atomic mass is 16.5. The standard InChI is InChI=1S/C17H20N4O2/c22-17(20-9-10-23-12-16(20)11-13-1-2-13)14-3-5-15(6-4-14)21-8-7-18-19-21/h3-8,13,16H,1-2,9-12H2. The molecule has 0 N–H and O–H groups in total. The number of nitrogens with zero attached hydrogens (tertiary/aromatic N) is 4. The average molecular weight is 312 g/mol. The highest BCUT2D eigenvalue weighted by molar-refractivity contribution is 5.94. The van der Waals surface area contributed by atoms with Crippen LogP contribution in [-0.4, -0.2) is 51.6 Å². The van der Waals surface area contributed by atoms with Crippen LogP contribution in [0.15, 0.2) is 36.7 Å². The highest BCUT2D eigenvalue weighted by Crippen LogP contribution is 2.35. The van der Waals surface area contributed by atoms with E-state index in [1.165, 1.54) is 12.8 Å². The molecule has 1 amide bonds. The molecule has 2 heterocycles. The van der Waals surface area contributed by atoms with Crippen LogP contribution in [0.25, 0.3) is 5.69 Å². The van der Waals surface area contributed by atoms with E-state index < -0.39 is 0 Å². The Labute approximate surface area is 135 Å². The zero-order valence-corrected chi connectivity index (χ0v) is 13.0. The molecule has 2 fully saturated rings. The van der Waals surface area contributed by atoms with E-state index in [-0.39, 0.29) is 11.9 Å². The summed E-state index contributed by atoms with van der Waals surface area (Å²) >= 11 is 0. The Morgan fingerprint density at radius 3 is 2.78 bits per heavy atom. The molecule has 1 saturated carbocycles. The van der Waals surface area contributed by atoms with Gasteiger partial charge in [-0.25, -0.2) is 4.68 Å². The average Bonchev–Trinajstić information content (AvgIpc) is 3.24. The number of hydrogen-bond acceptors (Lipinski definition) is 4. The minimum atomic E-state index is 0.101. The van der Waals surface area contributed by atoms with Crippen molar-refractivity contribution in [1.82, 2.24) is 19.9 Å². The number of ether oxygens (including phenoxy) is 1. The lowest BCUT2D eigenvalue weighted by Crippen LogP contribution is -2.48. The Morgan fingerprint density at radius 1 is 1.26 bits per heavy atom. The number of benzene rings is 1. The van der Waals surface area contributed by atoms with Crippen LogP contribution in [0.4, 0.5) is 0 Å².